The molecule has 0 spiro atoms. The lowest BCUT2D eigenvalue weighted by Gasteiger charge is -2.34. The quantitative estimate of drug-likeness (QED) is 0.863. The number of morpholine rings is 1. The van der Waals surface area contributed by atoms with Crippen LogP contribution in [0.1, 0.15) is 11.7 Å². The topological polar surface area (TPSA) is 72.4 Å². The summed E-state index contributed by atoms with van der Waals surface area (Å²) in [7, 11) is 1.59. The van der Waals surface area contributed by atoms with Crippen molar-refractivity contribution in [2.24, 2.45) is 0 Å². The van der Waals surface area contributed by atoms with Gasteiger partial charge >= 0.3 is 0 Å². The van der Waals surface area contributed by atoms with Crippen LogP contribution in [0.5, 0.6) is 5.88 Å². The first-order valence-electron chi connectivity index (χ1n) is 7.69. The number of rotatable bonds is 6. The number of pyridine rings is 1. The number of anilines is 1. The van der Waals surface area contributed by atoms with Crippen LogP contribution in [-0.2, 0) is 4.74 Å². The van der Waals surface area contributed by atoms with Crippen LogP contribution in [-0.4, -0.2) is 59.8 Å². The smallest absolute Gasteiger partial charge is 0.218 e. The normalized spacial score (nSPS) is 16.7. The van der Waals surface area contributed by atoms with E-state index < -0.39 is 0 Å². The molecular formula is C16H21N5O2. The Balaban J connectivity index is 1.72. The first-order chi connectivity index (χ1) is 11.4. The summed E-state index contributed by atoms with van der Waals surface area (Å²) in [6, 6.07) is 7.96. The van der Waals surface area contributed by atoms with Crippen LogP contribution in [0.25, 0.3) is 0 Å². The third kappa shape index (κ3) is 4.14. The molecule has 23 heavy (non-hydrogen) atoms. The second-order valence-electron chi connectivity index (χ2n) is 5.25. The average molecular weight is 315 g/mol. The maximum absolute atomic E-state index is 5.46. The Kier molecular flexibility index (Phi) is 5.33. The van der Waals surface area contributed by atoms with Gasteiger partial charge in [0.05, 0.1) is 32.1 Å². The highest BCUT2D eigenvalue weighted by molar-refractivity contribution is 5.37. The third-order valence-corrected chi connectivity index (χ3v) is 3.84. The van der Waals surface area contributed by atoms with Gasteiger partial charge in [0, 0.05) is 31.9 Å². The van der Waals surface area contributed by atoms with Crippen LogP contribution in [0.3, 0.4) is 0 Å². The minimum atomic E-state index is 0.168. The average Bonchev–Trinajstić information content (AvgIpc) is 2.64. The van der Waals surface area contributed by atoms with E-state index >= 15 is 0 Å². The second kappa shape index (κ2) is 7.85. The van der Waals surface area contributed by atoms with Gasteiger partial charge in [0.1, 0.15) is 12.1 Å². The number of hydrogen-bond donors (Lipinski definition) is 1. The Morgan fingerprint density at radius 1 is 1.26 bits per heavy atom. The van der Waals surface area contributed by atoms with Gasteiger partial charge in [0.2, 0.25) is 5.88 Å². The first-order valence-corrected chi connectivity index (χ1v) is 7.69. The van der Waals surface area contributed by atoms with Gasteiger partial charge in [0.25, 0.3) is 0 Å². The lowest BCUT2D eigenvalue weighted by Crippen LogP contribution is -2.41. The molecule has 0 bridgehead atoms. The van der Waals surface area contributed by atoms with Gasteiger partial charge < -0.3 is 14.8 Å². The minimum Gasteiger partial charge on any atom is -0.481 e. The highest BCUT2D eigenvalue weighted by atomic mass is 16.5. The fourth-order valence-corrected chi connectivity index (χ4v) is 2.63. The summed E-state index contributed by atoms with van der Waals surface area (Å²) in [6.45, 7) is 4.01. The number of methoxy groups -OCH3 is 1. The molecule has 3 heterocycles. The molecule has 0 aromatic carbocycles. The molecule has 7 heteroatoms. The molecule has 0 radical (unpaired) electrons. The zero-order valence-electron chi connectivity index (χ0n) is 13.2. The summed E-state index contributed by atoms with van der Waals surface area (Å²) in [5, 5.41) is 3.36. The van der Waals surface area contributed by atoms with Crippen LogP contribution in [0.15, 0.2) is 36.8 Å². The van der Waals surface area contributed by atoms with Gasteiger partial charge in [-0.25, -0.2) is 9.97 Å². The van der Waals surface area contributed by atoms with Crippen molar-refractivity contribution in [2.75, 3.05) is 45.3 Å². The predicted octanol–water partition coefficient (Wildman–Crippen LogP) is 1.37. The highest BCUT2D eigenvalue weighted by Crippen LogP contribution is 2.21. The standard InChI is InChI=1S/C16H21N5O2/c1-22-16-10-15(19-12-20-16)18-11-14(13-4-2-3-5-17-13)21-6-8-23-9-7-21/h2-5,10,12,14H,6-9,11H2,1H3,(H,18,19,20)/t14-/m1/s1. The first kappa shape index (κ1) is 15.6. The molecule has 1 N–H and O–H groups in total. The summed E-state index contributed by atoms with van der Waals surface area (Å²) in [4.78, 5) is 15.2. The molecular weight excluding hydrogens is 294 g/mol. The molecule has 3 rings (SSSR count). The molecule has 1 aliphatic rings. The minimum absolute atomic E-state index is 0.168. The molecule has 1 fully saturated rings. The third-order valence-electron chi connectivity index (χ3n) is 3.84. The molecule has 1 aliphatic heterocycles. The molecule has 2 aromatic heterocycles. The Bertz CT molecular complexity index is 604. The number of hydrogen-bond acceptors (Lipinski definition) is 7. The Morgan fingerprint density at radius 2 is 2.13 bits per heavy atom. The van der Waals surface area contributed by atoms with Crippen molar-refractivity contribution in [3.8, 4) is 5.88 Å². The molecule has 1 saturated heterocycles. The van der Waals surface area contributed by atoms with Crippen molar-refractivity contribution in [3.63, 3.8) is 0 Å². The fourth-order valence-electron chi connectivity index (χ4n) is 2.63. The summed E-state index contributed by atoms with van der Waals surface area (Å²) >= 11 is 0. The summed E-state index contributed by atoms with van der Waals surface area (Å²) < 4.78 is 10.6. The molecule has 0 saturated carbocycles. The SMILES string of the molecule is COc1cc(NC[C@H](c2ccccn2)N2CCOCC2)ncn1. The van der Waals surface area contributed by atoms with Crippen molar-refractivity contribution in [1.82, 2.24) is 19.9 Å². The van der Waals surface area contributed by atoms with E-state index in [9.17, 15) is 0 Å². The number of nitrogens with one attached hydrogen (secondary N) is 1. The largest absolute Gasteiger partial charge is 0.481 e. The van der Waals surface area contributed by atoms with Crippen molar-refractivity contribution in [3.05, 3.63) is 42.5 Å². The zero-order chi connectivity index (χ0) is 15.9. The zero-order valence-corrected chi connectivity index (χ0v) is 13.2. The van der Waals surface area contributed by atoms with Gasteiger partial charge in [-0.15, -0.1) is 0 Å². The monoisotopic (exact) mass is 315 g/mol. The van der Waals surface area contributed by atoms with E-state index in [1.54, 1.807) is 13.2 Å². The predicted molar refractivity (Wildman–Crippen MR) is 86.4 cm³/mol. The van der Waals surface area contributed by atoms with E-state index in [0.29, 0.717) is 12.4 Å². The summed E-state index contributed by atoms with van der Waals surface area (Å²) in [5.74, 6) is 1.29. The summed E-state index contributed by atoms with van der Waals surface area (Å²) in [6.07, 6.45) is 3.32. The van der Waals surface area contributed by atoms with Gasteiger partial charge in [0.15, 0.2) is 0 Å². The van der Waals surface area contributed by atoms with Crippen molar-refractivity contribution in [2.45, 2.75) is 6.04 Å². The molecule has 1 atom stereocenters. The van der Waals surface area contributed by atoms with Crippen LogP contribution in [0.4, 0.5) is 5.82 Å². The Morgan fingerprint density at radius 3 is 2.87 bits per heavy atom. The lowest BCUT2D eigenvalue weighted by atomic mass is 10.1. The van der Waals surface area contributed by atoms with Crippen LogP contribution >= 0.6 is 0 Å². The van der Waals surface area contributed by atoms with E-state index in [1.807, 2.05) is 18.3 Å². The Hall–Kier alpha value is -2.25. The van der Waals surface area contributed by atoms with Crippen LogP contribution < -0.4 is 10.1 Å². The van der Waals surface area contributed by atoms with E-state index in [2.05, 4.69) is 31.2 Å². The molecule has 122 valence electrons. The maximum atomic E-state index is 5.46. The van der Waals surface area contributed by atoms with Crippen molar-refractivity contribution in [1.29, 1.82) is 0 Å². The molecule has 0 aliphatic carbocycles. The van der Waals surface area contributed by atoms with Crippen molar-refractivity contribution < 1.29 is 9.47 Å². The number of ether oxygens (including phenoxy) is 2. The van der Waals surface area contributed by atoms with Gasteiger partial charge in [-0.05, 0) is 12.1 Å². The molecule has 7 nitrogen and oxygen atoms in total. The van der Waals surface area contributed by atoms with Gasteiger partial charge in [-0.1, -0.05) is 6.07 Å². The molecule has 0 unspecified atom stereocenters. The maximum Gasteiger partial charge on any atom is 0.218 e. The van der Waals surface area contributed by atoms with E-state index in [1.165, 1.54) is 6.33 Å². The molecule has 2 aromatic rings. The lowest BCUT2D eigenvalue weighted by molar-refractivity contribution is 0.0179. The fraction of sp³-hybridized carbons (Fsp3) is 0.438. The molecule has 0 amide bonds. The second-order valence-corrected chi connectivity index (χ2v) is 5.25. The van der Waals surface area contributed by atoms with Crippen molar-refractivity contribution >= 4 is 5.82 Å². The van der Waals surface area contributed by atoms with Crippen LogP contribution in [0, 0.1) is 0 Å². The van der Waals surface area contributed by atoms with E-state index in [-0.39, 0.29) is 6.04 Å². The van der Waals surface area contributed by atoms with Crippen LogP contribution in [0.2, 0.25) is 0 Å². The Labute approximate surface area is 135 Å². The highest BCUT2D eigenvalue weighted by Gasteiger charge is 2.23. The van der Waals surface area contributed by atoms with Gasteiger partial charge in [-0.2, -0.15) is 0 Å². The van der Waals surface area contributed by atoms with E-state index in [0.717, 1.165) is 37.8 Å². The van der Waals surface area contributed by atoms with Gasteiger partial charge in [-0.3, -0.25) is 9.88 Å². The van der Waals surface area contributed by atoms with E-state index in [4.69, 9.17) is 9.47 Å². The summed E-state index contributed by atoms with van der Waals surface area (Å²) in [5.41, 5.74) is 1.04. The number of nitrogens with zero attached hydrogens (tertiary/aromatic N) is 4. The number of aromatic nitrogens is 3.